The fraction of sp³-hybridized carbons (Fsp3) is 0.385. The molecule has 0 saturated heterocycles. The maximum absolute atomic E-state index is 11.7. The molecular weight excluding hydrogens is 248 g/mol. The van der Waals surface area contributed by atoms with Crippen LogP contribution in [0.4, 0.5) is 0 Å². The van der Waals surface area contributed by atoms with Crippen LogP contribution < -0.4 is 10.6 Å². The van der Waals surface area contributed by atoms with Gasteiger partial charge >= 0.3 is 0 Å². The van der Waals surface area contributed by atoms with Crippen molar-refractivity contribution in [3.05, 3.63) is 29.3 Å². The van der Waals surface area contributed by atoms with Crippen molar-refractivity contribution in [1.82, 2.24) is 10.6 Å². The van der Waals surface area contributed by atoms with Crippen LogP contribution in [0.1, 0.15) is 15.9 Å². The van der Waals surface area contributed by atoms with Crippen LogP contribution in [0.5, 0.6) is 5.75 Å². The Kier molecular flexibility index (Phi) is 5.81. The fourth-order valence-corrected chi connectivity index (χ4v) is 1.44. The number of hydrogen-bond acceptors (Lipinski definition) is 4. The van der Waals surface area contributed by atoms with Crippen LogP contribution in [0.15, 0.2) is 18.2 Å². The normalized spacial score (nSPS) is 10.0. The van der Waals surface area contributed by atoms with Crippen LogP contribution in [0.2, 0.25) is 0 Å². The Morgan fingerprint density at radius 3 is 2.68 bits per heavy atom. The number of rotatable bonds is 6. The molecule has 104 valence electrons. The van der Waals surface area contributed by atoms with Gasteiger partial charge in [-0.25, -0.2) is 0 Å². The molecule has 0 fully saturated rings. The van der Waals surface area contributed by atoms with Crippen LogP contribution in [0.25, 0.3) is 0 Å². The van der Waals surface area contributed by atoms with Gasteiger partial charge in [-0.3, -0.25) is 9.59 Å². The zero-order chi connectivity index (χ0) is 14.3. The quantitative estimate of drug-likeness (QED) is 0.642. The highest BCUT2D eigenvalue weighted by atomic mass is 16.5. The summed E-state index contributed by atoms with van der Waals surface area (Å²) in [4.78, 5) is 23.1. The minimum Gasteiger partial charge on any atom is -0.507 e. The van der Waals surface area contributed by atoms with Crippen LogP contribution in [-0.2, 0) is 9.53 Å². The first-order chi connectivity index (χ1) is 9.04. The van der Waals surface area contributed by atoms with E-state index in [1.807, 2.05) is 6.92 Å². The SMILES string of the molecule is COCCNC(=O)CNC(=O)c1ccc(C)cc1O. The van der Waals surface area contributed by atoms with E-state index in [1.54, 1.807) is 6.07 Å². The number of phenolic OH excluding ortho intramolecular Hbond substituents is 1. The molecule has 1 aromatic carbocycles. The van der Waals surface area contributed by atoms with Gasteiger partial charge in [0.15, 0.2) is 0 Å². The van der Waals surface area contributed by atoms with E-state index >= 15 is 0 Å². The molecule has 0 atom stereocenters. The predicted molar refractivity (Wildman–Crippen MR) is 70.1 cm³/mol. The average molecular weight is 266 g/mol. The van der Waals surface area contributed by atoms with Gasteiger partial charge in [0.1, 0.15) is 5.75 Å². The number of aromatic hydroxyl groups is 1. The Labute approximate surface area is 111 Å². The summed E-state index contributed by atoms with van der Waals surface area (Å²) >= 11 is 0. The van der Waals surface area contributed by atoms with E-state index in [-0.39, 0.29) is 23.8 Å². The minimum absolute atomic E-state index is 0.0997. The molecule has 0 aliphatic carbocycles. The molecule has 0 aliphatic rings. The number of carbonyl (C=O) groups is 2. The lowest BCUT2D eigenvalue weighted by Gasteiger charge is -2.08. The summed E-state index contributed by atoms with van der Waals surface area (Å²) in [6, 6.07) is 4.73. The van der Waals surface area contributed by atoms with Gasteiger partial charge in [-0.05, 0) is 24.6 Å². The Morgan fingerprint density at radius 1 is 1.32 bits per heavy atom. The van der Waals surface area contributed by atoms with Crippen molar-refractivity contribution < 1.29 is 19.4 Å². The summed E-state index contributed by atoms with van der Waals surface area (Å²) in [6.45, 7) is 2.47. The second-order valence-corrected chi connectivity index (χ2v) is 4.05. The Bertz CT molecular complexity index is 460. The molecule has 6 heteroatoms. The molecule has 1 rings (SSSR count). The van der Waals surface area contributed by atoms with E-state index in [1.165, 1.54) is 19.2 Å². The molecule has 1 aromatic rings. The van der Waals surface area contributed by atoms with Crippen LogP contribution >= 0.6 is 0 Å². The summed E-state index contributed by atoms with van der Waals surface area (Å²) in [5.41, 5.74) is 1.00. The second kappa shape index (κ2) is 7.38. The largest absolute Gasteiger partial charge is 0.507 e. The van der Waals surface area contributed by atoms with Crippen LogP contribution in [-0.4, -0.2) is 43.7 Å². The van der Waals surface area contributed by atoms with Crippen molar-refractivity contribution in [2.75, 3.05) is 26.8 Å². The lowest BCUT2D eigenvalue weighted by molar-refractivity contribution is -0.120. The molecule has 0 aromatic heterocycles. The van der Waals surface area contributed by atoms with Gasteiger partial charge in [0.05, 0.1) is 18.7 Å². The molecule has 0 bridgehead atoms. The first-order valence-electron chi connectivity index (χ1n) is 5.88. The topological polar surface area (TPSA) is 87.7 Å². The van der Waals surface area contributed by atoms with E-state index in [0.717, 1.165) is 5.56 Å². The first kappa shape index (κ1) is 15.0. The standard InChI is InChI=1S/C13H18N2O4/c1-9-3-4-10(11(16)7-9)13(18)15-8-12(17)14-5-6-19-2/h3-4,7,16H,5-6,8H2,1-2H3,(H,14,17)(H,15,18). The number of phenols is 1. The summed E-state index contributed by atoms with van der Waals surface area (Å²) in [7, 11) is 1.54. The third-order valence-electron chi connectivity index (χ3n) is 2.44. The maximum atomic E-state index is 11.7. The van der Waals surface area contributed by atoms with Crippen molar-refractivity contribution in [3.8, 4) is 5.75 Å². The van der Waals surface area contributed by atoms with Crippen molar-refractivity contribution in [2.45, 2.75) is 6.92 Å². The number of aryl methyl sites for hydroxylation is 1. The number of nitrogens with one attached hydrogen (secondary N) is 2. The van der Waals surface area contributed by atoms with Gasteiger partial charge in [0, 0.05) is 13.7 Å². The Morgan fingerprint density at radius 2 is 2.05 bits per heavy atom. The Hall–Kier alpha value is -2.08. The number of hydrogen-bond donors (Lipinski definition) is 3. The molecular formula is C13H18N2O4. The summed E-state index contributed by atoms with van der Waals surface area (Å²) in [6.07, 6.45) is 0. The molecule has 3 N–H and O–H groups in total. The van der Waals surface area contributed by atoms with E-state index in [2.05, 4.69) is 10.6 Å². The van der Waals surface area contributed by atoms with E-state index in [0.29, 0.717) is 13.2 Å². The van der Waals surface area contributed by atoms with Crippen molar-refractivity contribution in [3.63, 3.8) is 0 Å². The van der Waals surface area contributed by atoms with Crippen molar-refractivity contribution >= 4 is 11.8 Å². The summed E-state index contributed by atoms with van der Waals surface area (Å²) in [5.74, 6) is -0.895. The van der Waals surface area contributed by atoms with Gasteiger partial charge in [-0.2, -0.15) is 0 Å². The van der Waals surface area contributed by atoms with E-state index in [9.17, 15) is 14.7 Å². The van der Waals surface area contributed by atoms with Gasteiger partial charge in [-0.15, -0.1) is 0 Å². The predicted octanol–water partition coefficient (Wildman–Crippen LogP) is 0.193. The van der Waals surface area contributed by atoms with Gasteiger partial charge in [0.25, 0.3) is 5.91 Å². The average Bonchev–Trinajstić information content (AvgIpc) is 2.36. The van der Waals surface area contributed by atoms with Crippen LogP contribution in [0, 0.1) is 6.92 Å². The monoisotopic (exact) mass is 266 g/mol. The highest BCUT2D eigenvalue weighted by molar-refractivity contribution is 5.98. The highest BCUT2D eigenvalue weighted by Gasteiger charge is 2.11. The first-order valence-corrected chi connectivity index (χ1v) is 5.88. The van der Waals surface area contributed by atoms with Crippen molar-refractivity contribution in [1.29, 1.82) is 0 Å². The zero-order valence-corrected chi connectivity index (χ0v) is 11.0. The maximum Gasteiger partial charge on any atom is 0.255 e. The highest BCUT2D eigenvalue weighted by Crippen LogP contribution is 2.17. The van der Waals surface area contributed by atoms with E-state index in [4.69, 9.17) is 4.74 Å². The molecule has 0 unspecified atom stereocenters. The number of carbonyl (C=O) groups excluding carboxylic acids is 2. The van der Waals surface area contributed by atoms with Gasteiger partial charge in [-0.1, -0.05) is 6.07 Å². The Balaban J connectivity index is 2.45. The lowest BCUT2D eigenvalue weighted by atomic mass is 10.1. The third-order valence-corrected chi connectivity index (χ3v) is 2.44. The number of benzene rings is 1. The summed E-state index contributed by atoms with van der Waals surface area (Å²) in [5, 5.41) is 14.6. The molecule has 0 radical (unpaired) electrons. The van der Waals surface area contributed by atoms with Gasteiger partial charge in [0.2, 0.25) is 5.91 Å². The van der Waals surface area contributed by atoms with E-state index < -0.39 is 5.91 Å². The van der Waals surface area contributed by atoms with Crippen molar-refractivity contribution in [2.24, 2.45) is 0 Å². The molecule has 0 aliphatic heterocycles. The van der Waals surface area contributed by atoms with Crippen LogP contribution in [0.3, 0.4) is 0 Å². The zero-order valence-electron chi connectivity index (χ0n) is 11.0. The smallest absolute Gasteiger partial charge is 0.255 e. The number of methoxy groups -OCH3 is 1. The third kappa shape index (κ3) is 4.97. The fourth-order valence-electron chi connectivity index (χ4n) is 1.44. The number of amides is 2. The van der Waals surface area contributed by atoms with Gasteiger partial charge < -0.3 is 20.5 Å². The number of ether oxygens (including phenoxy) is 1. The molecule has 2 amide bonds. The minimum atomic E-state index is -0.487. The molecule has 0 spiro atoms. The second-order valence-electron chi connectivity index (χ2n) is 4.05. The molecule has 0 heterocycles. The molecule has 19 heavy (non-hydrogen) atoms. The molecule has 6 nitrogen and oxygen atoms in total. The molecule has 0 saturated carbocycles. The summed E-state index contributed by atoms with van der Waals surface area (Å²) < 4.78 is 4.78. The lowest BCUT2D eigenvalue weighted by Crippen LogP contribution is -2.38.